The summed E-state index contributed by atoms with van der Waals surface area (Å²) in [6, 6.07) is 13.5. The standard InChI is InChI=1S/C14H12N2O/c1-9-7-8-11-13(15-9)12(16-14(11)17)10-5-3-2-4-6-10/h2-8,12H,1H3,(H,16,17). The Morgan fingerprint density at radius 3 is 2.65 bits per heavy atom. The highest BCUT2D eigenvalue weighted by molar-refractivity contribution is 5.99. The molecule has 0 saturated heterocycles. The normalized spacial score (nSPS) is 17.7. The molecule has 1 aromatic carbocycles. The van der Waals surface area contributed by atoms with E-state index in [1.165, 1.54) is 0 Å². The molecule has 0 bridgehead atoms. The van der Waals surface area contributed by atoms with Gasteiger partial charge in [-0.25, -0.2) is 0 Å². The molecule has 84 valence electrons. The fraction of sp³-hybridized carbons (Fsp3) is 0.143. The number of carbonyl (C=O) groups excluding carboxylic acids is 1. The molecule has 3 rings (SSSR count). The summed E-state index contributed by atoms with van der Waals surface area (Å²) in [5.74, 6) is -0.0404. The van der Waals surface area contributed by atoms with Gasteiger partial charge >= 0.3 is 0 Å². The Labute approximate surface area is 99.5 Å². The van der Waals surface area contributed by atoms with E-state index in [-0.39, 0.29) is 11.9 Å². The maximum atomic E-state index is 11.8. The molecule has 0 aliphatic carbocycles. The molecule has 1 N–H and O–H groups in total. The van der Waals surface area contributed by atoms with Crippen LogP contribution in [0.5, 0.6) is 0 Å². The Kier molecular flexibility index (Phi) is 2.18. The molecule has 1 amide bonds. The smallest absolute Gasteiger partial charge is 0.254 e. The lowest BCUT2D eigenvalue weighted by atomic mass is 10.0. The zero-order valence-corrected chi connectivity index (χ0v) is 9.47. The van der Waals surface area contributed by atoms with Crippen molar-refractivity contribution >= 4 is 5.91 Å². The van der Waals surface area contributed by atoms with Crippen LogP contribution in [0.3, 0.4) is 0 Å². The van der Waals surface area contributed by atoms with Crippen molar-refractivity contribution in [2.24, 2.45) is 0 Å². The molecule has 3 nitrogen and oxygen atoms in total. The van der Waals surface area contributed by atoms with Crippen LogP contribution in [0.4, 0.5) is 0 Å². The number of fused-ring (bicyclic) bond motifs is 1. The number of nitrogens with zero attached hydrogens (tertiary/aromatic N) is 1. The van der Waals surface area contributed by atoms with Crippen LogP contribution in [0, 0.1) is 6.92 Å². The van der Waals surface area contributed by atoms with E-state index in [1.54, 1.807) is 0 Å². The highest BCUT2D eigenvalue weighted by atomic mass is 16.2. The number of amides is 1. The van der Waals surface area contributed by atoms with Gasteiger partial charge in [0.05, 0.1) is 17.3 Å². The van der Waals surface area contributed by atoms with Gasteiger partial charge in [-0.1, -0.05) is 30.3 Å². The molecule has 17 heavy (non-hydrogen) atoms. The molecule has 3 heteroatoms. The first-order chi connectivity index (χ1) is 8.25. The second-order valence-corrected chi connectivity index (χ2v) is 4.20. The van der Waals surface area contributed by atoms with E-state index >= 15 is 0 Å². The first-order valence-corrected chi connectivity index (χ1v) is 5.59. The molecule has 0 saturated carbocycles. The Morgan fingerprint density at radius 1 is 1.12 bits per heavy atom. The van der Waals surface area contributed by atoms with Gasteiger partial charge in [0.1, 0.15) is 0 Å². The van der Waals surface area contributed by atoms with Crippen molar-refractivity contribution in [1.29, 1.82) is 0 Å². The van der Waals surface area contributed by atoms with Crippen LogP contribution in [0.1, 0.15) is 33.4 Å². The van der Waals surface area contributed by atoms with Crippen LogP contribution >= 0.6 is 0 Å². The summed E-state index contributed by atoms with van der Waals surface area (Å²) >= 11 is 0. The first kappa shape index (κ1) is 10.0. The fourth-order valence-electron chi connectivity index (χ4n) is 2.15. The summed E-state index contributed by atoms with van der Waals surface area (Å²) in [7, 11) is 0. The van der Waals surface area contributed by atoms with Crippen LogP contribution in [-0.4, -0.2) is 10.9 Å². The number of hydrogen-bond acceptors (Lipinski definition) is 2. The fourth-order valence-corrected chi connectivity index (χ4v) is 2.15. The number of hydrogen-bond donors (Lipinski definition) is 1. The molecule has 0 radical (unpaired) electrons. The Bertz CT molecular complexity index is 578. The van der Waals surface area contributed by atoms with E-state index in [0.29, 0.717) is 5.56 Å². The molecule has 2 heterocycles. The van der Waals surface area contributed by atoms with Gasteiger partial charge in [0.2, 0.25) is 0 Å². The van der Waals surface area contributed by atoms with Gasteiger partial charge in [-0.15, -0.1) is 0 Å². The minimum Gasteiger partial charge on any atom is -0.339 e. The minimum atomic E-state index is -0.112. The van der Waals surface area contributed by atoms with Crippen molar-refractivity contribution in [3.63, 3.8) is 0 Å². The molecule has 0 spiro atoms. The third-order valence-corrected chi connectivity index (χ3v) is 2.99. The third-order valence-electron chi connectivity index (χ3n) is 2.99. The lowest BCUT2D eigenvalue weighted by Crippen LogP contribution is -2.19. The number of aromatic nitrogens is 1. The van der Waals surface area contributed by atoms with Crippen molar-refractivity contribution in [3.8, 4) is 0 Å². The van der Waals surface area contributed by atoms with Gasteiger partial charge in [-0.05, 0) is 24.6 Å². The summed E-state index contributed by atoms with van der Waals surface area (Å²) < 4.78 is 0. The predicted molar refractivity (Wildman–Crippen MR) is 64.7 cm³/mol. The zero-order chi connectivity index (χ0) is 11.8. The topological polar surface area (TPSA) is 42.0 Å². The SMILES string of the molecule is Cc1ccc2c(n1)C(c1ccccc1)NC2=O. The number of aryl methyl sites for hydroxylation is 1. The molecule has 1 unspecified atom stereocenters. The average molecular weight is 224 g/mol. The van der Waals surface area contributed by atoms with Crippen LogP contribution in [0.2, 0.25) is 0 Å². The van der Waals surface area contributed by atoms with Crippen LogP contribution in [0.15, 0.2) is 42.5 Å². The molecule has 1 atom stereocenters. The molecule has 1 aliphatic heterocycles. The summed E-state index contributed by atoms with van der Waals surface area (Å²) in [6.07, 6.45) is 0. The zero-order valence-electron chi connectivity index (χ0n) is 9.47. The van der Waals surface area contributed by atoms with Gasteiger partial charge < -0.3 is 5.32 Å². The summed E-state index contributed by atoms with van der Waals surface area (Å²) in [6.45, 7) is 1.94. The summed E-state index contributed by atoms with van der Waals surface area (Å²) in [5.41, 5.74) is 3.52. The molecule has 1 aliphatic rings. The Balaban J connectivity index is 2.13. The quantitative estimate of drug-likeness (QED) is 0.807. The van der Waals surface area contributed by atoms with Crippen LogP contribution in [-0.2, 0) is 0 Å². The second kappa shape index (κ2) is 3.70. The van der Waals surface area contributed by atoms with E-state index in [1.807, 2.05) is 49.4 Å². The van der Waals surface area contributed by atoms with Crippen molar-refractivity contribution in [1.82, 2.24) is 10.3 Å². The third kappa shape index (κ3) is 1.60. The molecule has 2 aromatic rings. The van der Waals surface area contributed by atoms with Crippen LogP contribution in [0.25, 0.3) is 0 Å². The van der Waals surface area contributed by atoms with Gasteiger partial charge in [0.15, 0.2) is 0 Å². The average Bonchev–Trinajstić information content (AvgIpc) is 2.67. The molecule has 1 aromatic heterocycles. The highest BCUT2D eigenvalue weighted by Crippen LogP contribution is 2.29. The van der Waals surface area contributed by atoms with Crippen molar-refractivity contribution in [3.05, 3.63) is 65.0 Å². The lowest BCUT2D eigenvalue weighted by molar-refractivity contribution is 0.0960. The minimum absolute atomic E-state index is 0.0404. The Hall–Kier alpha value is -2.16. The van der Waals surface area contributed by atoms with E-state index in [9.17, 15) is 4.79 Å². The Morgan fingerprint density at radius 2 is 1.88 bits per heavy atom. The maximum Gasteiger partial charge on any atom is 0.254 e. The largest absolute Gasteiger partial charge is 0.339 e. The lowest BCUT2D eigenvalue weighted by Gasteiger charge is -2.11. The summed E-state index contributed by atoms with van der Waals surface area (Å²) in [5, 5.41) is 2.96. The first-order valence-electron chi connectivity index (χ1n) is 5.59. The van der Waals surface area contributed by atoms with E-state index < -0.39 is 0 Å². The van der Waals surface area contributed by atoms with Crippen LogP contribution < -0.4 is 5.32 Å². The van der Waals surface area contributed by atoms with Crippen molar-refractivity contribution in [2.75, 3.05) is 0 Å². The highest BCUT2D eigenvalue weighted by Gasteiger charge is 2.30. The maximum absolute atomic E-state index is 11.8. The van der Waals surface area contributed by atoms with Gasteiger partial charge in [-0.2, -0.15) is 0 Å². The summed E-state index contributed by atoms with van der Waals surface area (Å²) in [4.78, 5) is 16.3. The molecule has 0 fully saturated rings. The van der Waals surface area contributed by atoms with E-state index in [0.717, 1.165) is 17.0 Å². The van der Waals surface area contributed by atoms with E-state index in [2.05, 4.69) is 10.3 Å². The second-order valence-electron chi connectivity index (χ2n) is 4.20. The number of nitrogens with one attached hydrogen (secondary N) is 1. The van der Waals surface area contributed by atoms with Crippen molar-refractivity contribution in [2.45, 2.75) is 13.0 Å². The number of pyridine rings is 1. The predicted octanol–water partition coefficient (Wildman–Crippen LogP) is 2.22. The van der Waals surface area contributed by atoms with E-state index in [4.69, 9.17) is 0 Å². The molecular weight excluding hydrogens is 212 g/mol. The van der Waals surface area contributed by atoms with Gasteiger partial charge in [-0.3, -0.25) is 9.78 Å². The number of rotatable bonds is 1. The molecular formula is C14H12N2O. The van der Waals surface area contributed by atoms with Gasteiger partial charge in [0, 0.05) is 5.69 Å². The number of carbonyl (C=O) groups is 1. The monoisotopic (exact) mass is 224 g/mol. The number of benzene rings is 1. The van der Waals surface area contributed by atoms with Crippen molar-refractivity contribution < 1.29 is 4.79 Å². The van der Waals surface area contributed by atoms with Gasteiger partial charge in [0.25, 0.3) is 5.91 Å².